The first-order valence-corrected chi connectivity index (χ1v) is 4.90. The highest BCUT2D eigenvalue weighted by atomic mass is 19.1. The van der Waals surface area contributed by atoms with Gasteiger partial charge in [0.15, 0.2) is 0 Å². The molecular formula is C11H14F2N2O. The van der Waals surface area contributed by atoms with Crippen LogP contribution >= 0.6 is 0 Å². The largest absolute Gasteiger partial charge is 0.289 e. The lowest BCUT2D eigenvalue weighted by Crippen LogP contribution is -2.36. The predicted octanol–water partition coefficient (Wildman–Crippen LogP) is 1.49. The average Bonchev–Trinajstić information content (AvgIpc) is 2.15. The second-order valence-electron chi connectivity index (χ2n) is 3.67. The number of hydrogen-bond donors (Lipinski definition) is 1. The number of carbonyl (C=O) groups is 1. The first kappa shape index (κ1) is 12.6. The fraction of sp³-hybridized carbons (Fsp3) is 0.364. The summed E-state index contributed by atoms with van der Waals surface area (Å²) in [6.45, 7) is 0. The number of nitrogens with one attached hydrogen (secondary N) is 1. The van der Waals surface area contributed by atoms with Crippen LogP contribution in [0.15, 0.2) is 18.2 Å². The van der Waals surface area contributed by atoms with Crippen LogP contribution in [0.25, 0.3) is 0 Å². The third kappa shape index (κ3) is 3.94. The molecule has 88 valence electrons. The van der Waals surface area contributed by atoms with Crippen molar-refractivity contribution in [1.82, 2.24) is 10.4 Å². The summed E-state index contributed by atoms with van der Waals surface area (Å²) in [5, 5.41) is 1.52. The van der Waals surface area contributed by atoms with Crippen molar-refractivity contribution in [3.8, 4) is 0 Å². The molecule has 0 radical (unpaired) electrons. The summed E-state index contributed by atoms with van der Waals surface area (Å²) in [5.74, 6) is -1.43. The maximum Gasteiger partial charge on any atom is 0.234 e. The number of benzene rings is 1. The van der Waals surface area contributed by atoms with Crippen molar-refractivity contribution in [2.75, 3.05) is 14.1 Å². The number of halogens is 2. The van der Waals surface area contributed by atoms with E-state index in [1.54, 1.807) is 14.1 Å². The van der Waals surface area contributed by atoms with Crippen LogP contribution < -0.4 is 5.43 Å². The van der Waals surface area contributed by atoms with Crippen molar-refractivity contribution in [2.45, 2.75) is 12.8 Å². The number of amides is 1. The standard InChI is InChI=1S/C11H14F2N2O/c1-15(2)14-11(16)6-4-8-3-5-9(12)7-10(8)13/h3,5,7H,4,6H2,1-2H3,(H,14,16). The van der Waals surface area contributed by atoms with Gasteiger partial charge in [-0.25, -0.2) is 13.8 Å². The van der Waals surface area contributed by atoms with E-state index in [2.05, 4.69) is 5.43 Å². The summed E-state index contributed by atoms with van der Waals surface area (Å²) < 4.78 is 25.8. The maximum atomic E-state index is 13.2. The van der Waals surface area contributed by atoms with Crippen molar-refractivity contribution in [3.05, 3.63) is 35.4 Å². The van der Waals surface area contributed by atoms with Gasteiger partial charge >= 0.3 is 0 Å². The average molecular weight is 228 g/mol. The molecule has 0 aliphatic heterocycles. The van der Waals surface area contributed by atoms with Crippen LogP contribution in [-0.4, -0.2) is 25.0 Å². The van der Waals surface area contributed by atoms with Crippen molar-refractivity contribution >= 4 is 5.91 Å². The number of hydrazine groups is 1. The van der Waals surface area contributed by atoms with Gasteiger partial charge in [-0.3, -0.25) is 10.2 Å². The lowest BCUT2D eigenvalue weighted by molar-refractivity contribution is -0.124. The molecule has 1 N–H and O–H groups in total. The minimum atomic E-state index is -0.613. The molecule has 0 heterocycles. The zero-order valence-electron chi connectivity index (χ0n) is 9.26. The first-order valence-electron chi connectivity index (χ1n) is 4.90. The second kappa shape index (κ2) is 5.55. The summed E-state index contributed by atoms with van der Waals surface area (Å²) in [7, 11) is 3.38. The van der Waals surface area contributed by atoms with Gasteiger partial charge in [0.25, 0.3) is 0 Å². The van der Waals surface area contributed by atoms with E-state index in [1.165, 1.54) is 17.1 Å². The minimum Gasteiger partial charge on any atom is -0.289 e. The summed E-state index contributed by atoms with van der Waals surface area (Å²) in [6, 6.07) is 3.36. The van der Waals surface area contributed by atoms with Crippen LogP contribution in [0, 0.1) is 11.6 Å². The number of hydrogen-bond acceptors (Lipinski definition) is 2. The van der Waals surface area contributed by atoms with Crippen molar-refractivity contribution < 1.29 is 13.6 Å². The van der Waals surface area contributed by atoms with E-state index in [9.17, 15) is 13.6 Å². The van der Waals surface area contributed by atoms with E-state index in [0.29, 0.717) is 5.56 Å². The summed E-state index contributed by atoms with van der Waals surface area (Å²) in [6.07, 6.45) is 0.423. The van der Waals surface area contributed by atoms with Crippen LogP contribution in [0.5, 0.6) is 0 Å². The highest BCUT2D eigenvalue weighted by Gasteiger charge is 2.07. The molecule has 1 rings (SSSR count). The van der Waals surface area contributed by atoms with E-state index in [-0.39, 0.29) is 18.7 Å². The number of aryl methyl sites for hydroxylation is 1. The van der Waals surface area contributed by atoms with Crippen LogP contribution in [0.1, 0.15) is 12.0 Å². The highest BCUT2D eigenvalue weighted by molar-refractivity contribution is 5.75. The molecule has 0 bridgehead atoms. The van der Waals surface area contributed by atoms with Gasteiger partial charge in [-0.1, -0.05) is 6.07 Å². The van der Waals surface area contributed by atoms with Gasteiger partial charge in [0.1, 0.15) is 11.6 Å². The van der Waals surface area contributed by atoms with Crippen molar-refractivity contribution in [1.29, 1.82) is 0 Å². The molecule has 0 aliphatic carbocycles. The van der Waals surface area contributed by atoms with Gasteiger partial charge < -0.3 is 0 Å². The Balaban J connectivity index is 2.51. The maximum absolute atomic E-state index is 13.2. The van der Waals surface area contributed by atoms with Crippen molar-refractivity contribution in [3.63, 3.8) is 0 Å². The Morgan fingerprint density at radius 3 is 2.62 bits per heavy atom. The predicted molar refractivity (Wildman–Crippen MR) is 56.5 cm³/mol. The van der Waals surface area contributed by atoms with E-state index < -0.39 is 11.6 Å². The van der Waals surface area contributed by atoms with E-state index in [0.717, 1.165) is 6.07 Å². The molecule has 16 heavy (non-hydrogen) atoms. The van der Waals surface area contributed by atoms with E-state index >= 15 is 0 Å². The lowest BCUT2D eigenvalue weighted by atomic mass is 10.1. The molecule has 0 saturated carbocycles. The molecule has 0 fully saturated rings. The highest BCUT2D eigenvalue weighted by Crippen LogP contribution is 2.11. The Hall–Kier alpha value is -1.49. The first-order chi connectivity index (χ1) is 7.49. The van der Waals surface area contributed by atoms with Crippen LogP contribution in [0.4, 0.5) is 8.78 Å². The topological polar surface area (TPSA) is 32.3 Å². The summed E-state index contributed by atoms with van der Waals surface area (Å²) in [5.41, 5.74) is 2.88. The zero-order chi connectivity index (χ0) is 12.1. The summed E-state index contributed by atoms with van der Waals surface area (Å²) in [4.78, 5) is 11.3. The molecular weight excluding hydrogens is 214 g/mol. The Kier molecular flexibility index (Phi) is 4.37. The third-order valence-corrected chi connectivity index (χ3v) is 1.98. The normalized spacial score (nSPS) is 10.6. The Bertz CT molecular complexity index is 380. The van der Waals surface area contributed by atoms with Crippen LogP contribution in [0.2, 0.25) is 0 Å². The zero-order valence-corrected chi connectivity index (χ0v) is 9.26. The van der Waals surface area contributed by atoms with Crippen molar-refractivity contribution in [2.24, 2.45) is 0 Å². The van der Waals surface area contributed by atoms with Crippen LogP contribution in [-0.2, 0) is 11.2 Å². The molecule has 3 nitrogen and oxygen atoms in total. The van der Waals surface area contributed by atoms with E-state index in [4.69, 9.17) is 0 Å². The molecule has 5 heteroatoms. The number of rotatable bonds is 4. The number of carbonyl (C=O) groups excluding carboxylic acids is 1. The Labute approximate surface area is 93.0 Å². The van der Waals surface area contributed by atoms with Gasteiger partial charge in [0, 0.05) is 26.6 Å². The fourth-order valence-corrected chi connectivity index (χ4v) is 1.28. The molecule has 1 aromatic rings. The molecule has 0 aromatic heterocycles. The second-order valence-corrected chi connectivity index (χ2v) is 3.67. The lowest BCUT2D eigenvalue weighted by Gasteiger charge is -2.11. The fourth-order valence-electron chi connectivity index (χ4n) is 1.28. The molecule has 0 spiro atoms. The molecule has 1 aromatic carbocycles. The van der Waals surface area contributed by atoms with Gasteiger partial charge in [0.05, 0.1) is 0 Å². The molecule has 1 amide bonds. The monoisotopic (exact) mass is 228 g/mol. The molecule has 0 aliphatic rings. The van der Waals surface area contributed by atoms with Gasteiger partial charge in [-0.15, -0.1) is 0 Å². The van der Waals surface area contributed by atoms with Crippen LogP contribution in [0.3, 0.4) is 0 Å². The quantitative estimate of drug-likeness (QED) is 0.792. The van der Waals surface area contributed by atoms with E-state index in [1.807, 2.05) is 0 Å². The Morgan fingerprint density at radius 2 is 2.06 bits per heavy atom. The summed E-state index contributed by atoms with van der Waals surface area (Å²) >= 11 is 0. The Morgan fingerprint density at radius 1 is 1.38 bits per heavy atom. The molecule has 0 unspecified atom stereocenters. The SMILES string of the molecule is CN(C)NC(=O)CCc1ccc(F)cc1F. The molecule has 0 saturated heterocycles. The molecule has 0 atom stereocenters. The third-order valence-electron chi connectivity index (χ3n) is 1.98. The number of nitrogens with zero attached hydrogens (tertiary/aromatic N) is 1. The van der Waals surface area contributed by atoms with Gasteiger partial charge in [0.2, 0.25) is 5.91 Å². The smallest absolute Gasteiger partial charge is 0.234 e. The van der Waals surface area contributed by atoms with Gasteiger partial charge in [-0.05, 0) is 18.1 Å². The van der Waals surface area contributed by atoms with Gasteiger partial charge in [-0.2, -0.15) is 0 Å². The minimum absolute atomic E-state index is 0.167.